The highest BCUT2D eigenvalue weighted by Crippen LogP contribution is 2.37. The molecule has 2 aromatic carbocycles. The molecule has 0 N–H and O–H groups in total. The molecular formula is C24H23NO5. The highest BCUT2D eigenvalue weighted by molar-refractivity contribution is 5.85. The van der Waals surface area contributed by atoms with Crippen molar-refractivity contribution >= 4 is 11.1 Å². The van der Waals surface area contributed by atoms with E-state index in [0.717, 1.165) is 33.5 Å². The zero-order valence-corrected chi connectivity index (χ0v) is 17.6. The lowest BCUT2D eigenvalue weighted by Gasteiger charge is -2.09. The smallest absolute Gasteiger partial charge is 0.161 e. The number of nitrogens with zero attached hydrogens (tertiary/aromatic N) is 1. The largest absolute Gasteiger partial charge is 0.493 e. The second kappa shape index (κ2) is 7.99. The van der Waals surface area contributed by atoms with E-state index in [1.165, 1.54) is 0 Å². The van der Waals surface area contributed by atoms with Gasteiger partial charge in [-0.05, 0) is 55.0 Å². The maximum Gasteiger partial charge on any atom is 0.161 e. The summed E-state index contributed by atoms with van der Waals surface area (Å²) in [6.07, 6.45) is 0. The molecule has 154 valence electrons. The molecule has 0 saturated carbocycles. The summed E-state index contributed by atoms with van der Waals surface area (Å²) in [6.45, 7) is 2.01. The summed E-state index contributed by atoms with van der Waals surface area (Å²) in [4.78, 5) is 4.81. The van der Waals surface area contributed by atoms with Gasteiger partial charge in [0.15, 0.2) is 28.6 Å². The number of rotatable bonds is 6. The van der Waals surface area contributed by atoms with Crippen LogP contribution in [-0.2, 0) is 0 Å². The molecule has 0 bridgehead atoms. The van der Waals surface area contributed by atoms with Crippen LogP contribution in [0.25, 0.3) is 33.7 Å². The van der Waals surface area contributed by atoms with Crippen LogP contribution >= 0.6 is 0 Å². The van der Waals surface area contributed by atoms with Gasteiger partial charge in [0.25, 0.3) is 0 Å². The van der Waals surface area contributed by atoms with Crippen molar-refractivity contribution in [3.05, 3.63) is 54.1 Å². The van der Waals surface area contributed by atoms with Gasteiger partial charge < -0.3 is 23.4 Å². The third-order valence-corrected chi connectivity index (χ3v) is 5.01. The Hall–Kier alpha value is -3.67. The summed E-state index contributed by atoms with van der Waals surface area (Å²) >= 11 is 0. The molecule has 4 aromatic rings. The maximum atomic E-state index is 6.13. The molecule has 0 aliphatic heterocycles. The number of hydrogen-bond acceptors (Lipinski definition) is 6. The first kappa shape index (κ1) is 19.6. The molecule has 0 unspecified atom stereocenters. The highest BCUT2D eigenvalue weighted by Gasteiger charge is 2.15. The molecular weight excluding hydrogens is 382 g/mol. The number of ether oxygens (including phenoxy) is 4. The summed E-state index contributed by atoms with van der Waals surface area (Å²) in [5.74, 6) is 3.37. The van der Waals surface area contributed by atoms with E-state index < -0.39 is 0 Å². The molecule has 0 aliphatic carbocycles. The first-order chi connectivity index (χ1) is 14.6. The second-order valence-electron chi connectivity index (χ2n) is 6.79. The van der Waals surface area contributed by atoms with E-state index in [9.17, 15) is 0 Å². The Morgan fingerprint density at radius 3 is 1.83 bits per heavy atom. The molecule has 0 fully saturated rings. The van der Waals surface area contributed by atoms with Gasteiger partial charge in [0.05, 0.1) is 34.1 Å². The number of fused-ring (bicyclic) bond motifs is 1. The lowest BCUT2D eigenvalue weighted by atomic mass is 10.1. The number of benzene rings is 2. The van der Waals surface area contributed by atoms with Crippen LogP contribution in [0.2, 0.25) is 0 Å². The Balaban J connectivity index is 1.79. The Kier molecular flexibility index (Phi) is 5.23. The Morgan fingerprint density at radius 2 is 1.23 bits per heavy atom. The van der Waals surface area contributed by atoms with Crippen molar-refractivity contribution in [2.75, 3.05) is 28.4 Å². The van der Waals surface area contributed by atoms with Gasteiger partial charge in [0, 0.05) is 17.2 Å². The minimum absolute atomic E-state index is 0.645. The molecule has 0 amide bonds. The molecule has 0 aliphatic rings. The van der Waals surface area contributed by atoms with Gasteiger partial charge in [-0.25, -0.2) is 4.98 Å². The van der Waals surface area contributed by atoms with Crippen molar-refractivity contribution in [2.24, 2.45) is 0 Å². The Bertz CT molecular complexity index is 1210. The zero-order valence-electron chi connectivity index (χ0n) is 17.6. The van der Waals surface area contributed by atoms with Crippen molar-refractivity contribution in [3.63, 3.8) is 0 Å². The van der Waals surface area contributed by atoms with Crippen molar-refractivity contribution < 1.29 is 23.4 Å². The first-order valence-corrected chi connectivity index (χ1v) is 9.44. The van der Waals surface area contributed by atoms with Gasteiger partial charge in [0.2, 0.25) is 0 Å². The van der Waals surface area contributed by atoms with E-state index >= 15 is 0 Å². The number of aryl methyl sites for hydroxylation is 1. The number of pyridine rings is 1. The lowest BCUT2D eigenvalue weighted by Crippen LogP contribution is -1.92. The van der Waals surface area contributed by atoms with Crippen molar-refractivity contribution in [3.8, 4) is 45.6 Å². The summed E-state index contributed by atoms with van der Waals surface area (Å²) in [6, 6.07) is 15.4. The molecule has 30 heavy (non-hydrogen) atoms. The predicted molar refractivity (Wildman–Crippen MR) is 116 cm³/mol. The van der Waals surface area contributed by atoms with Crippen LogP contribution in [0.15, 0.2) is 52.9 Å². The van der Waals surface area contributed by atoms with Gasteiger partial charge in [0.1, 0.15) is 11.3 Å². The monoisotopic (exact) mass is 405 g/mol. The van der Waals surface area contributed by atoms with E-state index in [-0.39, 0.29) is 0 Å². The van der Waals surface area contributed by atoms with Crippen molar-refractivity contribution in [1.82, 2.24) is 4.98 Å². The molecule has 0 atom stereocenters. The average molecular weight is 405 g/mol. The molecule has 0 spiro atoms. The number of hydrogen-bond donors (Lipinski definition) is 0. The van der Waals surface area contributed by atoms with Crippen LogP contribution in [0.3, 0.4) is 0 Å². The van der Waals surface area contributed by atoms with Crippen molar-refractivity contribution in [1.29, 1.82) is 0 Å². The summed E-state index contributed by atoms with van der Waals surface area (Å²) < 4.78 is 27.6. The van der Waals surface area contributed by atoms with Crippen molar-refractivity contribution in [2.45, 2.75) is 6.92 Å². The fourth-order valence-electron chi connectivity index (χ4n) is 3.45. The molecule has 0 radical (unpaired) electrons. The van der Waals surface area contributed by atoms with Crippen LogP contribution in [0.4, 0.5) is 0 Å². The molecule has 6 heteroatoms. The number of aromatic nitrogens is 1. The minimum Gasteiger partial charge on any atom is -0.493 e. The number of furan rings is 1. The van der Waals surface area contributed by atoms with Gasteiger partial charge in [-0.15, -0.1) is 0 Å². The van der Waals surface area contributed by atoms with Gasteiger partial charge in [-0.1, -0.05) is 0 Å². The fraction of sp³-hybridized carbons (Fsp3) is 0.208. The Morgan fingerprint density at radius 1 is 0.667 bits per heavy atom. The predicted octanol–water partition coefficient (Wildman–Crippen LogP) is 5.50. The minimum atomic E-state index is 0.645. The molecule has 0 saturated heterocycles. The van der Waals surface area contributed by atoms with Gasteiger partial charge in [-0.2, -0.15) is 0 Å². The van der Waals surface area contributed by atoms with Crippen LogP contribution in [0, 0.1) is 6.92 Å². The summed E-state index contributed by atoms with van der Waals surface area (Å²) in [5, 5.41) is 0. The second-order valence-corrected chi connectivity index (χ2v) is 6.79. The van der Waals surface area contributed by atoms with Crippen LogP contribution in [0.1, 0.15) is 5.56 Å². The van der Waals surface area contributed by atoms with E-state index in [1.807, 2.05) is 55.5 Å². The molecule has 4 rings (SSSR count). The van der Waals surface area contributed by atoms with E-state index in [2.05, 4.69) is 0 Å². The summed E-state index contributed by atoms with van der Waals surface area (Å²) in [5.41, 5.74) is 5.19. The van der Waals surface area contributed by atoms with Crippen LogP contribution in [-0.4, -0.2) is 33.4 Å². The molecule has 2 aromatic heterocycles. The quantitative estimate of drug-likeness (QED) is 0.422. The third-order valence-electron chi connectivity index (χ3n) is 5.01. The third kappa shape index (κ3) is 3.41. The number of methoxy groups -OCH3 is 4. The van der Waals surface area contributed by atoms with E-state index in [4.69, 9.17) is 28.3 Å². The molecule has 6 nitrogen and oxygen atoms in total. The summed E-state index contributed by atoms with van der Waals surface area (Å²) in [7, 11) is 6.46. The van der Waals surface area contributed by atoms with Crippen LogP contribution in [0.5, 0.6) is 23.0 Å². The highest BCUT2D eigenvalue weighted by atomic mass is 16.5. The SMILES string of the molecule is COc1ccc(-c2cc(C)c3oc(-c4ccc(OC)c(OC)c4)cc3n2)cc1OC. The van der Waals surface area contributed by atoms with Crippen LogP contribution < -0.4 is 18.9 Å². The maximum absolute atomic E-state index is 6.13. The average Bonchev–Trinajstić information content (AvgIpc) is 3.23. The van der Waals surface area contributed by atoms with Gasteiger partial charge >= 0.3 is 0 Å². The topological polar surface area (TPSA) is 63.0 Å². The normalized spacial score (nSPS) is 10.8. The first-order valence-electron chi connectivity index (χ1n) is 9.44. The molecule has 2 heterocycles. The standard InChI is InChI=1S/C24H23NO5/c1-14-10-17(15-6-8-19(26-2)22(11-15)28-4)25-18-13-21(30-24(14)18)16-7-9-20(27-3)23(12-16)29-5/h6-13H,1-5H3. The van der Waals surface area contributed by atoms with E-state index in [1.54, 1.807) is 28.4 Å². The Labute approximate surface area is 175 Å². The van der Waals surface area contributed by atoms with E-state index in [0.29, 0.717) is 28.8 Å². The zero-order chi connectivity index (χ0) is 21.3. The lowest BCUT2D eigenvalue weighted by molar-refractivity contribution is 0.355. The fourth-order valence-corrected chi connectivity index (χ4v) is 3.45. The van der Waals surface area contributed by atoms with Gasteiger partial charge in [-0.3, -0.25) is 0 Å².